The number of aromatic nitrogens is 1. The molecule has 1 aromatic heterocycles. The molecule has 3 rings (SSSR count). The zero-order valence-electron chi connectivity index (χ0n) is 16.1. The molecule has 0 aromatic carbocycles. The standard InChI is InChI=1S/C19H31N3O3S/c1-4-7-17-15-12-16(18-8-5-9-19(23)22(17)18)14-21(13-15)10-6-11-26(24,25)20(2)3/h5,8-9,15-17H,4,6-7,10-14H2,1-3H3/t15-,16+,17-/m0/s1. The molecule has 0 aliphatic carbocycles. The summed E-state index contributed by atoms with van der Waals surface area (Å²) in [6.45, 7) is 4.85. The molecule has 7 heteroatoms. The minimum atomic E-state index is -3.13. The largest absolute Gasteiger partial charge is 0.309 e. The van der Waals surface area contributed by atoms with E-state index >= 15 is 0 Å². The molecule has 2 aliphatic heterocycles. The minimum Gasteiger partial charge on any atom is -0.309 e. The van der Waals surface area contributed by atoms with Crippen molar-refractivity contribution in [2.24, 2.45) is 5.92 Å². The first kappa shape index (κ1) is 19.6. The Morgan fingerprint density at radius 2 is 2.00 bits per heavy atom. The number of fused-ring (bicyclic) bond motifs is 4. The zero-order valence-corrected chi connectivity index (χ0v) is 16.9. The number of piperidine rings is 1. The first-order valence-corrected chi connectivity index (χ1v) is 11.3. The smallest absolute Gasteiger partial charge is 0.250 e. The molecule has 26 heavy (non-hydrogen) atoms. The Hall–Kier alpha value is -1.18. The van der Waals surface area contributed by atoms with E-state index in [2.05, 4.69) is 22.5 Å². The molecule has 146 valence electrons. The molecule has 1 saturated heterocycles. The van der Waals surface area contributed by atoms with Crippen LogP contribution in [0.15, 0.2) is 23.0 Å². The first-order chi connectivity index (χ1) is 12.3. The lowest BCUT2D eigenvalue weighted by Gasteiger charge is -2.47. The number of hydrogen-bond acceptors (Lipinski definition) is 4. The van der Waals surface area contributed by atoms with Gasteiger partial charge in [-0.15, -0.1) is 0 Å². The summed E-state index contributed by atoms with van der Waals surface area (Å²) in [4.78, 5) is 14.9. The second-order valence-electron chi connectivity index (χ2n) is 7.92. The van der Waals surface area contributed by atoms with Gasteiger partial charge in [-0.05, 0) is 37.8 Å². The highest BCUT2D eigenvalue weighted by atomic mass is 32.2. The average molecular weight is 382 g/mol. The fourth-order valence-electron chi connectivity index (χ4n) is 4.64. The van der Waals surface area contributed by atoms with Gasteiger partial charge in [-0.3, -0.25) is 4.79 Å². The maximum absolute atomic E-state index is 12.5. The van der Waals surface area contributed by atoms with Crippen LogP contribution in [-0.4, -0.2) is 61.7 Å². The predicted octanol–water partition coefficient (Wildman–Crippen LogP) is 1.89. The van der Waals surface area contributed by atoms with Crippen LogP contribution in [-0.2, 0) is 10.0 Å². The number of nitrogens with zero attached hydrogens (tertiary/aromatic N) is 3. The molecule has 0 radical (unpaired) electrons. The Morgan fingerprint density at radius 3 is 2.69 bits per heavy atom. The molecule has 6 nitrogen and oxygen atoms in total. The summed E-state index contributed by atoms with van der Waals surface area (Å²) >= 11 is 0. The molecular formula is C19H31N3O3S. The molecule has 0 amide bonds. The van der Waals surface area contributed by atoms with Gasteiger partial charge in [0.15, 0.2) is 0 Å². The van der Waals surface area contributed by atoms with Gasteiger partial charge in [-0.25, -0.2) is 12.7 Å². The van der Waals surface area contributed by atoms with Crippen LogP contribution < -0.4 is 5.56 Å². The van der Waals surface area contributed by atoms with Crippen molar-refractivity contribution in [3.63, 3.8) is 0 Å². The molecule has 3 atom stereocenters. The van der Waals surface area contributed by atoms with Gasteiger partial charge < -0.3 is 9.47 Å². The Balaban J connectivity index is 1.74. The lowest BCUT2D eigenvalue weighted by atomic mass is 9.77. The van der Waals surface area contributed by atoms with Crippen molar-refractivity contribution in [3.05, 3.63) is 34.2 Å². The van der Waals surface area contributed by atoms with Crippen molar-refractivity contribution in [1.29, 1.82) is 0 Å². The van der Waals surface area contributed by atoms with Crippen LogP contribution in [0.2, 0.25) is 0 Å². The summed E-state index contributed by atoms with van der Waals surface area (Å²) in [5.41, 5.74) is 1.29. The molecule has 0 N–H and O–H groups in total. The van der Waals surface area contributed by atoms with Gasteiger partial charge in [-0.2, -0.15) is 0 Å². The maximum Gasteiger partial charge on any atom is 0.250 e. The quantitative estimate of drug-likeness (QED) is 0.724. The Morgan fingerprint density at radius 1 is 1.23 bits per heavy atom. The van der Waals surface area contributed by atoms with Crippen molar-refractivity contribution in [2.45, 2.75) is 44.6 Å². The van der Waals surface area contributed by atoms with Gasteiger partial charge in [0.05, 0.1) is 5.75 Å². The summed E-state index contributed by atoms with van der Waals surface area (Å²) in [6, 6.07) is 5.93. The normalized spacial score (nSPS) is 26.1. The average Bonchev–Trinajstić information content (AvgIpc) is 2.58. The number of pyridine rings is 1. The van der Waals surface area contributed by atoms with E-state index in [1.165, 1.54) is 4.31 Å². The van der Waals surface area contributed by atoms with Gasteiger partial charge in [-0.1, -0.05) is 19.4 Å². The molecular weight excluding hydrogens is 350 g/mol. The highest BCUT2D eigenvalue weighted by Gasteiger charge is 2.39. The molecule has 0 unspecified atom stereocenters. The first-order valence-electron chi connectivity index (χ1n) is 9.67. The predicted molar refractivity (Wildman–Crippen MR) is 104 cm³/mol. The number of rotatable bonds is 7. The van der Waals surface area contributed by atoms with Crippen LogP contribution in [0.4, 0.5) is 0 Å². The van der Waals surface area contributed by atoms with Crippen molar-refractivity contribution >= 4 is 10.0 Å². The third-order valence-corrected chi connectivity index (χ3v) is 7.81. The summed E-state index contributed by atoms with van der Waals surface area (Å²) in [5, 5.41) is 0. The summed E-state index contributed by atoms with van der Waals surface area (Å²) < 4.78 is 27.3. The van der Waals surface area contributed by atoms with E-state index in [-0.39, 0.29) is 17.4 Å². The van der Waals surface area contributed by atoms with Crippen LogP contribution >= 0.6 is 0 Å². The second kappa shape index (κ2) is 7.82. The lowest BCUT2D eigenvalue weighted by Crippen LogP contribution is -2.49. The fraction of sp³-hybridized carbons (Fsp3) is 0.737. The van der Waals surface area contributed by atoms with Gasteiger partial charge in [0.1, 0.15) is 0 Å². The summed E-state index contributed by atoms with van der Waals surface area (Å²) in [5.74, 6) is 1.05. The van der Waals surface area contributed by atoms with E-state index in [0.717, 1.165) is 44.6 Å². The van der Waals surface area contributed by atoms with Gasteiger partial charge in [0, 0.05) is 50.9 Å². The summed E-state index contributed by atoms with van der Waals surface area (Å²) in [7, 11) is 0.0458. The molecule has 1 fully saturated rings. The van der Waals surface area contributed by atoms with E-state index in [0.29, 0.717) is 18.3 Å². The maximum atomic E-state index is 12.5. The van der Waals surface area contributed by atoms with E-state index in [4.69, 9.17) is 0 Å². The SMILES string of the molecule is CCC[C@H]1[C@H]2C[C@H](CN(CCCS(=O)(=O)N(C)C)C2)c2cccc(=O)n21. The molecule has 2 aliphatic rings. The molecule has 1 aromatic rings. The van der Waals surface area contributed by atoms with Crippen LogP contribution in [0, 0.1) is 5.92 Å². The molecule has 0 spiro atoms. The lowest BCUT2D eigenvalue weighted by molar-refractivity contribution is 0.0869. The van der Waals surface area contributed by atoms with Gasteiger partial charge >= 0.3 is 0 Å². The third-order valence-electron chi connectivity index (χ3n) is 5.89. The van der Waals surface area contributed by atoms with Crippen molar-refractivity contribution in [3.8, 4) is 0 Å². The van der Waals surface area contributed by atoms with Crippen LogP contribution in [0.1, 0.15) is 50.3 Å². The zero-order chi connectivity index (χ0) is 18.9. The number of sulfonamides is 1. The highest BCUT2D eigenvalue weighted by Crippen LogP contribution is 2.42. The van der Waals surface area contributed by atoms with Crippen molar-refractivity contribution in [2.75, 3.05) is 39.5 Å². The fourth-order valence-corrected chi connectivity index (χ4v) is 5.50. The second-order valence-corrected chi connectivity index (χ2v) is 10.2. The van der Waals surface area contributed by atoms with Crippen LogP contribution in [0.25, 0.3) is 0 Å². The van der Waals surface area contributed by atoms with Crippen molar-refractivity contribution < 1.29 is 8.42 Å². The Kier molecular flexibility index (Phi) is 5.89. The van der Waals surface area contributed by atoms with Crippen LogP contribution in [0.3, 0.4) is 0 Å². The topological polar surface area (TPSA) is 62.6 Å². The molecule has 0 saturated carbocycles. The third kappa shape index (κ3) is 3.89. The highest BCUT2D eigenvalue weighted by molar-refractivity contribution is 7.89. The Bertz CT molecular complexity index is 787. The minimum absolute atomic E-state index is 0.126. The molecule has 3 heterocycles. The number of likely N-dealkylation sites (tertiary alicyclic amines) is 1. The van der Waals surface area contributed by atoms with E-state index < -0.39 is 10.0 Å². The van der Waals surface area contributed by atoms with Crippen LogP contribution in [0.5, 0.6) is 0 Å². The molecule has 2 bridgehead atoms. The van der Waals surface area contributed by atoms with Gasteiger partial charge in [0.2, 0.25) is 10.0 Å². The summed E-state index contributed by atoms with van der Waals surface area (Å²) in [6.07, 6.45) is 3.88. The van der Waals surface area contributed by atoms with Gasteiger partial charge in [0.25, 0.3) is 5.56 Å². The van der Waals surface area contributed by atoms with E-state index in [1.54, 1.807) is 20.2 Å². The monoisotopic (exact) mass is 381 g/mol. The van der Waals surface area contributed by atoms with Crippen molar-refractivity contribution in [1.82, 2.24) is 13.8 Å². The van der Waals surface area contributed by atoms with E-state index in [9.17, 15) is 13.2 Å². The van der Waals surface area contributed by atoms with E-state index in [1.807, 2.05) is 6.07 Å². The number of hydrogen-bond donors (Lipinski definition) is 0. The Labute approximate surface area is 156 Å².